The van der Waals surface area contributed by atoms with Crippen molar-refractivity contribution in [3.05, 3.63) is 126 Å². The van der Waals surface area contributed by atoms with Gasteiger partial charge in [-0.1, -0.05) is 42.5 Å². The molecule has 0 bridgehead atoms. The number of urea groups is 1. The zero-order valence-corrected chi connectivity index (χ0v) is 21.3. The van der Waals surface area contributed by atoms with Gasteiger partial charge < -0.3 is 20.9 Å². The summed E-state index contributed by atoms with van der Waals surface area (Å²) >= 11 is 0. The number of nitrogens with one attached hydrogen (secondary N) is 3. The molecule has 8 nitrogen and oxygen atoms in total. The highest BCUT2D eigenvalue weighted by atomic mass is 16.2. The summed E-state index contributed by atoms with van der Waals surface area (Å²) in [5, 5.41) is 13.4. The van der Waals surface area contributed by atoms with Gasteiger partial charge in [0.05, 0.1) is 17.3 Å². The molecule has 8 heteroatoms. The Labute approximate surface area is 226 Å². The Morgan fingerprint density at radius 1 is 0.821 bits per heavy atom. The van der Waals surface area contributed by atoms with Crippen LogP contribution < -0.4 is 16.0 Å². The Kier molecular flexibility index (Phi) is 6.66. The highest BCUT2D eigenvalue weighted by molar-refractivity contribution is 6.00. The first kappa shape index (κ1) is 24.2. The molecule has 2 aromatic heterocycles. The Morgan fingerprint density at radius 3 is 2.36 bits per heavy atom. The molecule has 0 aliphatic carbocycles. The van der Waals surface area contributed by atoms with Gasteiger partial charge in [-0.2, -0.15) is 5.10 Å². The van der Waals surface area contributed by atoms with Gasteiger partial charge in [-0.25, -0.2) is 9.31 Å². The van der Waals surface area contributed by atoms with E-state index in [4.69, 9.17) is 0 Å². The highest BCUT2D eigenvalue weighted by Crippen LogP contribution is 2.23. The fourth-order valence-electron chi connectivity index (χ4n) is 4.82. The van der Waals surface area contributed by atoms with E-state index in [9.17, 15) is 9.59 Å². The van der Waals surface area contributed by atoms with Gasteiger partial charge in [0, 0.05) is 42.9 Å². The van der Waals surface area contributed by atoms with E-state index in [1.54, 1.807) is 10.7 Å². The van der Waals surface area contributed by atoms with E-state index in [1.807, 2.05) is 90.0 Å². The van der Waals surface area contributed by atoms with E-state index < -0.39 is 0 Å². The molecule has 0 saturated heterocycles. The molecule has 5 aromatic rings. The lowest BCUT2D eigenvalue weighted by Crippen LogP contribution is -2.35. The van der Waals surface area contributed by atoms with Crippen LogP contribution in [-0.2, 0) is 19.5 Å². The molecule has 3 aromatic carbocycles. The number of nitrogens with zero attached hydrogens (tertiary/aromatic N) is 3. The molecule has 3 N–H and O–H groups in total. The van der Waals surface area contributed by atoms with Crippen LogP contribution >= 0.6 is 0 Å². The summed E-state index contributed by atoms with van der Waals surface area (Å²) < 4.78 is 1.69. The fraction of sp³-hybridized carbons (Fsp3) is 0.129. The maximum absolute atomic E-state index is 13.4. The molecule has 194 valence electrons. The summed E-state index contributed by atoms with van der Waals surface area (Å²) in [6, 6.07) is 29.2. The highest BCUT2D eigenvalue weighted by Gasteiger charge is 2.24. The van der Waals surface area contributed by atoms with E-state index in [0.29, 0.717) is 30.9 Å². The smallest absolute Gasteiger partial charge is 0.319 e. The van der Waals surface area contributed by atoms with Crippen molar-refractivity contribution >= 4 is 34.5 Å². The summed E-state index contributed by atoms with van der Waals surface area (Å²) in [7, 11) is 0. The van der Waals surface area contributed by atoms with Crippen molar-refractivity contribution in [3.8, 4) is 0 Å². The largest absolute Gasteiger partial charge is 0.356 e. The molecule has 1 aliphatic rings. The SMILES string of the molecule is O=C(NCc1ccn2ncc(C(=O)N3CCc4ccccc4C3)c2c1)Nc1ccc(Nc2ccccc2)cc1. The third-order valence-electron chi connectivity index (χ3n) is 6.89. The number of carbonyl (C=O) groups excluding carboxylic acids is 2. The van der Waals surface area contributed by atoms with Gasteiger partial charge in [-0.05, 0) is 71.6 Å². The number of fused-ring (bicyclic) bond motifs is 2. The number of pyridine rings is 1. The van der Waals surface area contributed by atoms with Crippen LogP contribution in [0.3, 0.4) is 0 Å². The molecule has 1 aliphatic heterocycles. The molecule has 0 atom stereocenters. The summed E-state index contributed by atoms with van der Waals surface area (Å²) in [6.45, 7) is 1.58. The quantitative estimate of drug-likeness (QED) is 0.274. The van der Waals surface area contributed by atoms with Gasteiger partial charge in [0.2, 0.25) is 0 Å². The van der Waals surface area contributed by atoms with E-state index >= 15 is 0 Å². The van der Waals surface area contributed by atoms with Gasteiger partial charge in [0.1, 0.15) is 0 Å². The maximum atomic E-state index is 13.4. The number of rotatable bonds is 6. The zero-order valence-electron chi connectivity index (χ0n) is 21.3. The number of anilines is 3. The summed E-state index contributed by atoms with van der Waals surface area (Å²) in [5.41, 5.74) is 7.26. The molecule has 3 amide bonds. The van der Waals surface area contributed by atoms with Crippen LogP contribution in [0, 0.1) is 0 Å². The van der Waals surface area contributed by atoms with Crippen LogP contribution in [0.5, 0.6) is 0 Å². The van der Waals surface area contributed by atoms with Crippen molar-refractivity contribution in [1.82, 2.24) is 19.8 Å². The molecular weight excluding hydrogens is 488 g/mol. The van der Waals surface area contributed by atoms with E-state index in [2.05, 4.69) is 33.2 Å². The van der Waals surface area contributed by atoms with E-state index in [1.165, 1.54) is 11.1 Å². The first-order valence-corrected chi connectivity index (χ1v) is 12.9. The van der Waals surface area contributed by atoms with Crippen LogP contribution in [0.1, 0.15) is 27.0 Å². The Morgan fingerprint density at radius 2 is 1.54 bits per heavy atom. The van der Waals surface area contributed by atoms with E-state index in [-0.39, 0.29) is 11.9 Å². The second-order valence-corrected chi connectivity index (χ2v) is 9.54. The van der Waals surface area contributed by atoms with Crippen molar-refractivity contribution in [2.75, 3.05) is 17.2 Å². The minimum atomic E-state index is -0.310. The predicted molar refractivity (Wildman–Crippen MR) is 152 cm³/mol. The van der Waals surface area contributed by atoms with E-state index in [0.717, 1.165) is 28.9 Å². The molecule has 0 radical (unpaired) electrons. The van der Waals surface area contributed by atoms with Gasteiger partial charge >= 0.3 is 6.03 Å². The second kappa shape index (κ2) is 10.7. The Balaban J connectivity index is 1.07. The Bertz CT molecular complexity index is 1630. The average Bonchev–Trinajstić information content (AvgIpc) is 3.40. The van der Waals surface area contributed by atoms with Gasteiger partial charge in [0.15, 0.2) is 0 Å². The lowest BCUT2D eigenvalue weighted by atomic mass is 9.99. The summed E-state index contributed by atoms with van der Waals surface area (Å²) in [5.74, 6) is -0.0347. The number of amides is 3. The van der Waals surface area contributed by atoms with Gasteiger partial charge in [0.25, 0.3) is 5.91 Å². The minimum Gasteiger partial charge on any atom is -0.356 e. The van der Waals surface area contributed by atoms with Crippen LogP contribution in [-0.4, -0.2) is 33.0 Å². The topological polar surface area (TPSA) is 90.8 Å². The number of hydrogen-bond acceptors (Lipinski definition) is 4. The molecule has 0 spiro atoms. The third kappa shape index (κ3) is 5.45. The molecule has 3 heterocycles. The average molecular weight is 517 g/mol. The number of hydrogen-bond donors (Lipinski definition) is 3. The number of para-hydroxylation sites is 1. The fourth-order valence-corrected chi connectivity index (χ4v) is 4.82. The van der Waals surface area contributed by atoms with Gasteiger partial charge in [-0.15, -0.1) is 0 Å². The minimum absolute atomic E-state index is 0.0347. The molecule has 39 heavy (non-hydrogen) atoms. The summed E-state index contributed by atoms with van der Waals surface area (Å²) in [6.07, 6.45) is 4.28. The second-order valence-electron chi connectivity index (χ2n) is 9.54. The monoisotopic (exact) mass is 516 g/mol. The standard InChI is InChI=1S/C31H28N6O2/c38-30(36-16-15-23-6-4-5-7-24(23)21-36)28-20-33-37-17-14-22(18-29(28)37)19-32-31(39)35-27-12-10-26(11-13-27)34-25-8-2-1-3-9-25/h1-14,17-18,20,34H,15-16,19,21H2,(H2,32,35,39). The number of benzene rings is 3. The Hall–Kier alpha value is -5.11. The molecule has 6 rings (SSSR count). The lowest BCUT2D eigenvalue weighted by molar-refractivity contribution is 0.0736. The predicted octanol–water partition coefficient (Wildman–Crippen LogP) is 5.60. The molecule has 0 fully saturated rings. The van der Waals surface area contributed by atoms with Crippen LogP contribution in [0.15, 0.2) is 103 Å². The lowest BCUT2D eigenvalue weighted by Gasteiger charge is -2.28. The summed E-state index contributed by atoms with van der Waals surface area (Å²) in [4.78, 5) is 27.8. The van der Waals surface area contributed by atoms with Crippen molar-refractivity contribution in [2.24, 2.45) is 0 Å². The van der Waals surface area contributed by atoms with Crippen LogP contribution in [0.2, 0.25) is 0 Å². The normalized spacial score (nSPS) is 12.6. The molecule has 0 saturated carbocycles. The van der Waals surface area contributed by atoms with Crippen molar-refractivity contribution in [3.63, 3.8) is 0 Å². The van der Waals surface area contributed by atoms with Crippen molar-refractivity contribution in [2.45, 2.75) is 19.5 Å². The van der Waals surface area contributed by atoms with Crippen LogP contribution in [0.25, 0.3) is 5.52 Å². The van der Waals surface area contributed by atoms with Gasteiger partial charge in [-0.3, -0.25) is 4.79 Å². The first-order chi connectivity index (χ1) is 19.1. The first-order valence-electron chi connectivity index (χ1n) is 12.9. The number of carbonyl (C=O) groups is 2. The third-order valence-corrected chi connectivity index (χ3v) is 6.89. The number of aromatic nitrogens is 2. The maximum Gasteiger partial charge on any atom is 0.319 e. The zero-order chi connectivity index (χ0) is 26.6. The van der Waals surface area contributed by atoms with Crippen molar-refractivity contribution in [1.29, 1.82) is 0 Å². The van der Waals surface area contributed by atoms with Crippen LogP contribution in [0.4, 0.5) is 21.9 Å². The molecular formula is C31H28N6O2. The van der Waals surface area contributed by atoms with Crippen molar-refractivity contribution < 1.29 is 9.59 Å². The molecule has 0 unspecified atom stereocenters.